The number of morpholine rings is 1. The van der Waals surface area contributed by atoms with Crippen molar-refractivity contribution in [3.05, 3.63) is 35.4 Å². The predicted octanol–water partition coefficient (Wildman–Crippen LogP) is 1.94. The largest absolute Gasteiger partial charge is 0.379 e. The highest BCUT2D eigenvalue weighted by Gasteiger charge is 2.25. The molecule has 1 saturated heterocycles. The van der Waals surface area contributed by atoms with Crippen LogP contribution in [0.1, 0.15) is 36.3 Å². The van der Waals surface area contributed by atoms with Crippen molar-refractivity contribution in [3.8, 4) is 0 Å². The van der Waals surface area contributed by atoms with Crippen molar-refractivity contribution in [2.45, 2.75) is 31.6 Å². The van der Waals surface area contributed by atoms with E-state index in [0.717, 1.165) is 65.1 Å². The first-order valence-corrected chi connectivity index (χ1v) is 8.50. The Morgan fingerprint density at radius 1 is 1.27 bits per heavy atom. The zero-order valence-corrected chi connectivity index (χ0v) is 13.2. The Morgan fingerprint density at radius 3 is 2.95 bits per heavy atom. The van der Waals surface area contributed by atoms with E-state index in [-0.39, 0.29) is 11.8 Å². The molecule has 1 atom stereocenters. The van der Waals surface area contributed by atoms with E-state index in [1.54, 1.807) is 0 Å². The standard InChI is InChI=1S/C18H26N2O2/c21-18(19-9-4-10-20-11-13-22-14-12-20)17-8-3-6-15-5-1-2-7-16(15)17/h1-2,5,7,17H,3-4,6,8-14H2,(H,19,21). The summed E-state index contributed by atoms with van der Waals surface area (Å²) >= 11 is 0. The van der Waals surface area contributed by atoms with Crippen molar-refractivity contribution in [3.63, 3.8) is 0 Å². The Kier molecular flexibility index (Phi) is 5.46. The minimum Gasteiger partial charge on any atom is -0.379 e. The van der Waals surface area contributed by atoms with E-state index >= 15 is 0 Å². The molecule has 1 heterocycles. The molecule has 1 aromatic carbocycles. The summed E-state index contributed by atoms with van der Waals surface area (Å²) in [6.07, 6.45) is 4.21. The summed E-state index contributed by atoms with van der Waals surface area (Å²) in [5.74, 6) is 0.252. The molecular weight excluding hydrogens is 276 g/mol. The smallest absolute Gasteiger partial charge is 0.227 e. The Morgan fingerprint density at radius 2 is 2.09 bits per heavy atom. The number of nitrogens with one attached hydrogen (secondary N) is 1. The maximum atomic E-state index is 12.5. The van der Waals surface area contributed by atoms with Crippen LogP contribution >= 0.6 is 0 Å². The molecule has 4 heteroatoms. The molecule has 4 nitrogen and oxygen atoms in total. The zero-order valence-electron chi connectivity index (χ0n) is 13.2. The van der Waals surface area contributed by atoms with Gasteiger partial charge in [-0.3, -0.25) is 9.69 Å². The average Bonchev–Trinajstić information content (AvgIpc) is 2.59. The number of carbonyl (C=O) groups excluding carboxylic acids is 1. The SMILES string of the molecule is O=C(NCCCN1CCOCC1)C1CCCc2ccccc21. The molecule has 1 aromatic rings. The summed E-state index contributed by atoms with van der Waals surface area (Å²) in [7, 11) is 0. The van der Waals surface area contributed by atoms with Gasteiger partial charge in [0.2, 0.25) is 5.91 Å². The van der Waals surface area contributed by atoms with E-state index in [1.807, 2.05) is 6.07 Å². The van der Waals surface area contributed by atoms with Crippen LogP contribution in [0.4, 0.5) is 0 Å². The molecule has 0 spiro atoms. The lowest BCUT2D eigenvalue weighted by molar-refractivity contribution is -0.122. The number of carbonyl (C=O) groups is 1. The van der Waals surface area contributed by atoms with Crippen LogP contribution in [0.2, 0.25) is 0 Å². The van der Waals surface area contributed by atoms with Crippen LogP contribution in [0.5, 0.6) is 0 Å². The molecule has 22 heavy (non-hydrogen) atoms. The molecule has 1 N–H and O–H groups in total. The van der Waals surface area contributed by atoms with Crippen LogP contribution in [0.3, 0.4) is 0 Å². The average molecular weight is 302 g/mol. The van der Waals surface area contributed by atoms with Gasteiger partial charge in [0.25, 0.3) is 0 Å². The Balaban J connectivity index is 1.44. The first-order chi connectivity index (χ1) is 10.8. The summed E-state index contributed by atoms with van der Waals surface area (Å²) < 4.78 is 5.35. The van der Waals surface area contributed by atoms with Gasteiger partial charge in [0.15, 0.2) is 0 Å². The minimum absolute atomic E-state index is 0.0494. The third kappa shape index (κ3) is 3.87. The number of ether oxygens (including phenoxy) is 1. The van der Waals surface area contributed by atoms with Crippen molar-refractivity contribution in [2.75, 3.05) is 39.4 Å². The zero-order chi connectivity index (χ0) is 15.2. The second-order valence-corrected chi connectivity index (χ2v) is 6.24. The van der Waals surface area contributed by atoms with E-state index in [0.29, 0.717) is 0 Å². The first-order valence-electron chi connectivity index (χ1n) is 8.50. The number of hydrogen-bond donors (Lipinski definition) is 1. The van der Waals surface area contributed by atoms with Crippen LogP contribution < -0.4 is 5.32 Å². The molecule has 0 aromatic heterocycles. The molecule has 1 unspecified atom stereocenters. The molecule has 120 valence electrons. The second-order valence-electron chi connectivity index (χ2n) is 6.24. The van der Waals surface area contributed by atoms with Gasteiger partial charge in [-0.1, -0.05) is 24.3 Å². The first kappa shape index (κ1) is 15.5. The predicted molar refractivity (Wildman–Crippen MR) is 87.0 cm³/mol. The Hall–Kier alpha value is -1.39. The van der Waals surface area contributed by atoms with E-state index in [4.69, 9.17) is 4.74 Å². The number of fused-ring (bicyclic) bond motifs is 1. The highest BCUT2D eigenvalue weighted by atomic mass is 16.5. The molecule has 1 amide bonds. The quantitative estimate of drug-likeness (QED) is 0.845. The molecule has 1 aliphatic carbocycles. The van der Waals surface area contributed by atoms with Crippen molar-refractivity contribution >= 4 is 5.91 Å². The highest BCUT2D eigenvalue weighted by Crippen LogP contribution is 2.31. The molecular formula is C18H26N2O2. The Bertz CT molecular complexity index is 498. The van der Waals surface area contributed by atoms with E-state index in [9.17, 15) is 4.79 Å². The molecule has 2 aliphatic rings. The van der Waals surface area contributed by atoms with Gasteiger partial charge < -0.3 is 10.1 Å². The van der Waals surface area contributed by atoms with Crippen molar-refractivity contribution < 1.29 is 9.53 Å². The van der Waals surface area contributed by atoms with Crippen molar-refractivity contribution in [2.24, 2.45) is 0 Å². The third-order valence-corrected chi connectivity index (χ3v) is 4.74. The van der Waals surface area contributed by atoms with Crippen molar-refractivity contribution in [1.82, 2.24) is 10.2 Å². The molecule has 3 rings (SSSR count). The molecule has 1 fully saturated rings. The Labute approximate surface area is 132 Å². The lowest BCUT2D eigenvalue weighted by Gasteiger charge is -2.27. The number of nitrogens with zero attached hydrogens (tertiary/aromatic N) is 1. The summed E-state index contributed by atoms with van der Waals surface area (Å²) in [5.41, 5.74) is 2.58. The van der Waals surface area contributed by atoms with Gasteiger partial charge in [0.05, 0.1) is 19.1 Å². The summed E-state index contributed by atoms with van der Waals surface area (Å²) in [6.45, 7) is 5.53. The highest BCUT2D eigenvalue weighted by molar-refractivity contribution is 5.84. The van der Waals surface area contributed by atoms with Crippen LogP contribution in [0, 0.1) is 0 Å². The van der Waals surface area contributed by atoms with Crippen molar-refractivity contribution in [1.29, 1.82) is 0 Å². The number of rotatable bonds is 5. The fraction of sp³-hybridized carbons (Fsp3) is 0.611. The topological polar surface area (TPSA) is 41.6 Å². The maximum absolute atomic E-state index is 12.5. The molecule has 0 radical (unpaired) electrons. The number of aryl methyl sites for hydroxylation is 1. The van der Waals surface area contributed by atoms with E-state index < -0.39 is 0 Å². The number of benzene rings is 1. The maximum Gasteiger partial charge on any atom is 0.227 e. The lowest BCUT2D eigenvalue weighted by atomic mass is 9.82. The second kappa shape index (κ2) is 7.75. The van der Waals surface area contributed by atoms with Gasteiger partial charge in [-0.15, -0.1) is 0 Å². The summed E-state index contributed by atoms with van der Waals surface area (Å²) in [4.78, 5) is 14.9. The van der Waals surface area contributed by atoms with Gasteiger partial charge in [0.1, 0.15) is 0 Å². The van der Waals surface area contributed by atoms with Gasteiger partial charge in [-0.05, 0) is 43.4 Å². The monoisotopic (exact) mass is 302 g/mol. The minimum atomic E-state index is 0.0494. The summed E-state index contributed by atoms with van der Waals surface area (Å²) in [6, 6.07) is 8.39. The van der Waals surface area contributed by atoms with Crippen LogP contribution in [0.15, 0.2) is 24.3 Å². The van der Waals surface area contributed by atoms with Crippen LogP contribution in [-0.2, 0) is 16.0 Å². The van der Waals surface area contributed by atoms with Gasteiger partial charge in [-0.25, -0.2) is 0 Å². The molecule has 1 aliphatic heterocycles. The number of amides is 1. The summed E-state index contributed by atoms with van der Waals surface area (Å²) in [5, 5.41) is 3.14. The fourth-order valence-corrected chi connectivity index (χ4v) is 3.49. The third-order valence-electron chi connectivity index (χ3n) is 4.74. The van der Waals surface area contributed by atoms with E-state index in [2.05, 4.69) is 28.4 Å². The van der Waals surface area contributed by atoms with Gasteiger partial charge in [-0.2, -0.15) is 0 Å². The number of hydrogen-bond acceptors (Lipinski definition) is 3. The van der Waals surface area contributed by atoms with E-state index in [1.165, 1.54) is 11.1 Å². The normalized spacial score (nSPS) is 22.1. The molecule has 0 bridgehead atoms. The molecule has 0 saturated carbocycles. The lowest BCUT2D eigenvalue weighted by Crippen LogP contribution is -2.38. The van der Waals surface area contributed by atoms with Gasteiger partial charge >= 0.3 is 0 Å². The van der Waals surface area contributed by atoms with Gasteiger partial charge in [0, 0.05) is 19.6 Å². The van der Waals surface area contributed by atoms with Crippen LogP contribution in [-0.4, -0.2) is 50.2 Å². The van der Waals surface area contributed by atoms with Crippen LogP contribution in [0.25, 0.3) is 0 Å². The fourth-order valence-electron chi connectivity index (χ4n) is 3.49.